The highest BCUT2D eigenvalue weighted by Gasteiger charge is 2.48. The Labute approximate surface area is 122 Å². The monoisotopic (exact) mass is 287 g/mol. The minimum atomic E-state index is -0.736. The smallest absolute Gasteiger partial charge is 0.217 e. The van der Waals surface area contributed by atoms with E-state index in [2.05, 4.69) is 36.6 Å². The Morgan fingerprint density at radius 2 is 1.90 bits per heavy atom. The van der Waals surface area contributed by atoms with E-state index in [1.54, 1.807) is 0 Å². The molecule has 1 aliphatic carbocycles. The molecule has 0 spiro atoms. The summed E-state index contributed by atoms with van der Waals surface area (Å²) >= 11 is 0. The zero-order valence-corrected chi connectivity index (χ0v) is 12.2. The normalized spacial score (nSPS) is 34.0. The van der Waals surface area contributed by atoms with E-state index in [0.29, 0.717) is 12.3 Å². The Balaban J connectivity index is 0.000000462. The second-order valence-electron chi connectivity index (χ2n) is 6.06. The second kappa shape index (κ2) is 7.36. The predicted molar refractivity (Wildman–Crippen MR) is 81.4 cm³/mol. The molecule has 2 aliphatic heterocycles. The third kappa shape index (κ3) is 3.92. The van der Waals surface area contributed by atoms with Gasteiger partial charge >= 0.3 is 0 Å². The first-order chi connectivity index (χ1) is 9.10. The van der Waals surface area contributed by atoms with Crippen LogP contribution >= 0.6 is 0 Å². The molecule has 0 amide bonds. The van der Waals surface area contributed by atoms with Crippen LogP contribution in [0.3, 0.4) is 0 Å². The number of nitrogens with zero attached hydrogens (tertiary/aromatic N) is 1. The highest BCUT2D eigenvalue weighted by molar-refractivity contribution is 5.83. The number of rotatable bonds is 2. The van der Waals surface area contributed by atoms with Gasteiger partial charge in [-0.15, -0.1) is 5.48 Å². The first kappa shape index (κ1) is 17.4. The van der Waals surface area contributed by atoms with Gasteiger partial charge in [-0.2, -0.15) is 0 Å². The summed E-state index contributed by atoms with van der Waals surface area (Å²) in [6.45, 7) is 8.52. The van der Waals surface area contributed by atoms with Crippen molar-refractivity contribution < 1.29 is 9.23 Å². The maximum Gasteiger partial charge on any atom is 0.217 e. The Hall–Kier alpha value is -0.680. The molecule has 118 valence electrons. The topological polar surface area (TPSA) is 45.6 Å². The van der Waals surface area contributed by atoms with Gasteiger partial charge in [-0.1, -0.05) is 34.6 Å². The lowest BCUT2D eigenvalue weighted by Crippen LogP contribution is -2.46. The predicted octanol–water partition coefficient (Wildman–Crippen LogP) is 3.05. The molecule has 4 nitrogen and oxygen atoms in total. The van der Waals surface area contributed by atoms with Crippen molar-refractivity contribution in [3.05, 3.63) is 0 Å². The van der Waals surface area contributed by atoms with Crippen LogP contribution in [0.5, 0.6) is 0 Å². The molecule has 3 unspecified atom stereocenters. The molecular formula is C15H30FN3O. The molecule has 0 bridgehead atoms. The van der Waals surface area contributed by atoms with Crippen LogP contribution in [-0.2, 0) is 4.84 Å². The summed E-state index contributed by atoms with van der Waals surface area (Å²) in [6, 6.07) is 0. The number of aliphatic imine (C=N–C) groups is 1. The number of hydroxylamine groups is 1. The van der Waals surface area contributed by atoms with E-state index in [4.69, 9.17) is 4.84 Å². The molecule has 3 rings (SSSR count). The summed E-state index contributed by atoms with van der Waals surface area (Å²) < 4.78 is 12.9. The number of piperidine rings is 1. The summed E-state index contributed by atoms with van der Waals surface area (Å²) in [5, 5.41) is 3.34. The lowest BCUT2D eigenvalue weighted by Gasteiger charge is -2.36. The van der Waals surface area contributed by atoms with Gasteiger partial charge in [-0.25, -0.2) is 9.38 Å². The van der Waals surface area contributed by atoms with Crippen molar-refractivity contribution in [2.24, 2.45) is 16.3 Å². The molecule has 2 heterocycles. The van der Waals surface area contributed by atoms with Crippen molar-refractivity contribution in [2.45, 2.75) is 66.2 Å². The number of nitrogens with one attached hydrogen (secondary N) is 2. The summed E-state index contributed by atoms with van der Waals surface area (Å²) in [5.41, 5.74) is 3.09. The molecular weight excluding hydrogens is 257 g/mol. The Kier molecular flexibility index (Phi) is 6.40. The summed E-state index contributed by atoms with van der Waals surface area (Å²) in [6.07, 6.45) is 3.24. The zero-order chi connectivity index (χ0) is 13.9. The Bertz CT molecular complexity index is 329. The fourth-order valence-electron chi connectivity index (χ4n) is 2.46. The van der Waals surface area contributed by atoms with Gasteiger partial charge in [0.15, 0.2) is 0 Å². The van der Waals surface area contributed by atoms with Crippen LogP contribution in [0.1, 0.15) is 53.9 Å². The number of hydrogen-bond donors (Lipinski definition) is 2. The number of hydrogen-bond acceptors (Lipinski definition) is 4. The third-order valence-corrected chi connectivity index (χ3v) is 3.97. The SMILES string of the molecule is C.CC1(C2N=C(C3CC3F)ON2)CCNCC1.CCC. The second-order valence-corrected chi connectivity index (χ2v) is 6.06. The molecule has 2 fully saturated rings. The zero-order valence-electron chi connectivity index (χ0n) is 12.2. The van der Waals surface area contributed by atoms with E-state index >= 15 is 0 Å². The molecule has 20 heavy (non-hydrogen) atoms. The van der Waals surface area contributed by atoms with Crippen LogP contribution in [0.25, 0.3) is 0 Å². The van der Waals surface area contributed by atoms with E-state index in [1.165, 1.54) is 6.42 Å². The Morgan fingerprint density at radius 1 is 1.35 bits per heavy atom. The first-order valence-corrected chi connectivity index (χ1v) is 7.45. The van der Waals surface area contributed by atoms with Crippen molar-refractivity contribution >= 4 is 5.90 Å². The Morgan fingerprint density at radius 3 is 2.40 bits per heavy atom. The van der Waals surface area contributed by atoms with Crippen molar-refractivity contribution in [1.82, 2.24) is 10.8 Å². The van der Waals surface area contributed by atoms with E-state index in [9.17, 15) is 4.39 Å². The minimum Gasteiger partial charge on any atom is -0.391 e. The molecule has 2 N–H and O–H groups in total. The molecule has 5 heteroatoms. The van der Waals surface area contributed by atoms with Gasteiger partial charge in [-0.05, 0) is 32.4 Å². The summed E-state index contributed by atoms with van der Waals surface area (Å²) in [5.74, 6) is 0.500. The average molecular weight is 287 g/mol. The maximum atomic E-state index is 12.9. The first-order valence-electron chi connectivity index (χ1n) is 7.45. The van der Waals surface area contributed by atoms with Crippen molar-refractivity contribution in [2.75, 3.05) is 13.1 Å². The van der Waals surface area contributed by atoms with Crippen LogP contribution in [0.2, 0.25) is 0 Å². The van der Waals surface area contributed by atoms with Crippen LogP contribution in [0.15, 0.2) is 4.99 Å². The standard InChI is InChI=1S/C11H18FN3O.C3H8.CH4/c1-11(2-4-13-5-3-11)10-14-9(16-15-10)7-6-8(7)12;1-3-2;/h7-8,10,13,15H,2-6H2,1H3;3H2,1-2H3;1H4. The van der Waals surface area contributed by atoms with Gasteiger partial charge in [0.25, 0.3) is 0 Å². The summed E-state index contributed by atoms with van der Waals surface area (Å²) in [7, 11) is 0. The maximum absolute atomic E-state index is 12.9. The fourth-order valence-corrected chi connectivity index (χ4v) is 2.46. The quantitative estimate of drug-likeness (QED) is 0.820. The van der Waals surface area contributed by atoms with E-state index in [-0.39, 0.29) is 24.9 Å². The largest absolute Gasteiger partial charge is 0.391 e. The van der Waals surface area contributed by atoms with Gasteiger partial charge in [0.05, 0.1) is 5.92 Å². The van der Waals surface area contributed by atoms with Crippen LogP contribution in [0, 0.1) is 11.3 Å². The van der Waals surface area contributed by atoms with Crippen molar-refractivity contribution in [3.8, 4) is 0 Å². The van der Waals surface area contributed by atoms with Gasteiger partial charge in [0, 0.05) is 5.41 Å². The van der Waals surface area contributed by atoms with E-state index in [0.717, 1.165) is 25.9 Å². The van der Waals surface area contributed by atoms with Gasteiger partial charge in [0.2, 0.25) is 5.90 Å². The number of halogens is 1. The van der Waals surface area contributed by atoms with E-state index < -0.39 is 6.17 Å². The summed E-state index contributed by atoms with van der Waals surface area (Å²) in [4.78, 5) is 9.83. The highest BCUT2D eigenvalue weighted by Crippen LogP contribution is 2.40. The van der Waals surface area contributed by atoms with Crippen molar-refractivity contribution in [1.29, 1.82) is 0 Å². The molecule has 0 aromatic carbocycles. The molecule has 1 saturated carbocycles. The average Bonchev–Trinajstić information content (AvgIpc) is 2.93. The fraction of sp³-hybridized carbons (Fsp3) is 0.933. The third-order valence-electron chi connectivity index (χ3n) is 3.97. The van der Waals surface area contributed by atoms with Gasteiger partial charge in [-0.3, -0.25) is 0 Å². The lowest BCUT2D eigenvalue weighted by molar-refractivity contribution is 0.0781. The number of alkyl halides is 1. The van der Waals surface area contributed by atoms with Crippen LogP contribution in [0.4, 0.5) is 4.39 Å². The van der Waals surface area contributed by atoms with Gasteiger partial charge < -0.3 is 10.2 Å². The lowest BCUT2D eigenvalue weighted by atomic mass is 9.78. The van der Waals surface area contributed by atoms with Gasteiger partial charge in [0.1, 0.15) is 12.3 Å². The van der Waals surface area contributed by atoms with E-state index in [1.807, 2.05) is 0 Å². The van der Waals surface area contributed by atoms with Crippen LogP contribution < -0.4 is 10.8 Å². The molecule has 0 aromatic heterocycles. The molecule has 3 aliphatic rings. The van der Waals surface area contributed by atoms with Crippen molar-refractivity contribution in [3.63, 3.8) is 0 Å². The molecule has 0 aromatic rings. The molecule has 1 saturated heterocycles. The minimum absolute atomic E-state index is 0. The molecule has 3 atom stereocenters. The highest BCUT2D eigenvalue weighted by atomic mass is 19.1. The molecule has 0 radical (unpaired) electrons. The van der Waals surface area contributed by atoms with Crippen LogP contribution in [-0.4, -0.2) is 31.3 Å².